The molecule has 1 aromatic carbocycles. The fraction of sp³-hybridized carbons (Fsp3) is 0.500. The Hall–Kier alpha value is -5.24. The molecule has 2 N–H and O–H groups in total. The zero-order chi connectivity index (χ0) is 38.9. The second-order valence-corrected chi connectivity index (χ2v) is 15.9. The summed E-state index contributed by atoms with van der Waals surface area (Å²) >= 11 is 0. The van der Waals surface area contributed by atoms with Crippen molar-refractivity contribution >= 4 is 51.8 Å². The van der Waals surface area contributed by atoms with E-state index in [9.17, 15) is 23.6 Å². The lowest BCUT2D eigenvalue weighted by Crippen LogP contribution is -2.47. The normalized spacial score (nSPS) is 20.2. The van der Waals surface area contributed by atoms with Gasteiger partial charge < -0.3 is 15.1 Å². The summed E-state index contributed by atoms with van der Waals surface area (Å²) in [5.41, 5.74) is 3.50. The molecular formula is C42H50FN9O4. The number of piperazine rings is 1. The zero-order valence-electron chi connectivity index (χ0n) is 32.2. The summed E-state index contributed by atoms with van der Waals surface area (Å²) < 4.78 is 16.5. The first-order valence-corrected chi connectivity index (χ1v) is 20.1. The quantitative estimate of drug-likeness (QED) is 0.153. The van der Waals surface area contributed by atoms with Gasteiger partial charge in [-0.15, -0.1) is 0 Å². The Balaban J connectivity index is 0.821. The lowest BCUT2D eigenvalue weighted by molar-refractivity contribution is -0.134. The zero-order valence-corrected chi connectivity index (χ0v) is 32.2. The van der Waals surface area contributed by atoms with E-state index in [2.05, 4.69) is 41.4 Å². The Morgan fingerprint density at radius 2 is 1.62 bits per heavy atom. The maximum absolute atomic E-state index is 14.8. The minimum atomic E-state index is -0.630. The van der Waals surface area contributed by atoms with Gasteiger partial charge >= 0.3 is 0 Å². The van der Waals surface area contributed by atoms with E-state index in [4.69, 9.17) is 4.98 Å². The highest BCUT2D eigenvalue weighted by molar-refractivity contribution is 6.01. The molecule has 2 amide bonds. The summed E-state index contributed by atoms with van der Waals surface area (Å²) in [5, 5.41) is 6.29. The van der Waals surface area contributed by atoms with E-state index in [1.807, 2.05) is 12.3 Å². The molecule has 13 nitrogen and oxygen atoms in total. The molecule has 4 aliphatic rings. The number of ketones is 1. The van der Waals surface area contributed by atoms with Crippen LogP contribution >= 0.6 is 0 Å². The lowest BCUT2D eigenvalue weighted by atomic mass is 9.89. The number of nitrogens with zero attached hydrogens (tertiary/aromatic N) is 7. The van der Waals surface area contributed by atoms with Crippen molar-refractivity contribution in [2.24, 2.45) is 5.92 Å². The minimum absolute atomic E-state index is 0.0157. The summed E-state index contributed by atoms with van der Waals surface area (Å²) in [5.74, 6) is -0.380. The molecule has 8 rings (SSSR count). The van der Waals surface area contributed by atoms with Crippen molar-refractivity contribution in [2.75, 3.05) is 60.9 Å². The van der Waals surface area contributed by atoms with Crippen LogP contribution in [-0.2, 0) is 9.59 Å². The number of halogens is 1. The third kappa shape index (κ3) is 7.75. The van der Waals surface area contributed by atoms with E-state index >= 15 is 0 Å². The van der Waals surface area contributed by atoms with E-state index in [0.29, 0.717) is 46.3 Å². The highest BCUT2D eigenvalue weighted by Crippen LogP contribution is 2.34. The van der Waals surface area contributed by atoms with Gasteiger partial charge in [0.1, 0.15) is 17.3 Å². The molecule has 1 unspecified atom stereocenters. The van der Waals surface area contributed by atoms with Crippen molar-refractivity contribution in [3.63, 3.8) is 0 Å². The van der Waals surface area contributed by atoms with Crippen LogP contribution < -0.4 is 26.0 Å². The average molecular weight is 764 g/mol. The number of amides is 2. The number of aryl methyl sites for hydroxylation is 1. The molecule has 3 aliphatic heterocycles. The van der Waals surface area contributed by atoms with Gasteiger partial charge in [0.05, 0.1) is 23.4 Å². The van der Waals surface area contributed by atoms with Crippen LogP contribution in [-0.4, -0.2) is 87.8 Å². The van der Waals surface area contributed by atoms with Crippen molar-refractivity contribution in [2.45, 2.75) is 83.6 Å². The fourth-order valence-corrected chi connectivity index (χ4v) is 9.13. The van der Waals surface area contributed by atoms with Crippen LogP contribution in [0.15, 0.2) is 47.5 Å². The molecule has 1 aliphatic carbocycles. The number of fused-ring (bicyclic) bond motifs is 1. The van der Waals surface area contributed by atoms with Gasteiger partial charge in [-0.2, -0.15) is 4.98 Å². The molecule has 0 radical (unpaired) electrons. The van der Waals surface area contributed by atoms with Crippen LogP contribution in [0.3, 0.4) is 0 Å². The number of rotatable bonds is 10. The van der Waals surface area contributed by atoms with E-state index in [1.54, 1.807) is 29.8 Å². The number of pyridine rings is 2. The van der Waals surface area contributed by atoms with Crippen LogP contribution in [0.5, 0.6) is 0 Å². The predicted molar refractivity (Wildman–Crippen MR) is 213 cm³/mol. The topological polar surface area (TPSA) is 146 Å². The molecule has 0 spiro atoms. The maximum atomic E-state index is 14.8. The SMILES string of the molecule is CC(=O)c1c(C)c2cnc(Nc3ccc(N4CCN(CCC5CCN(c6ccc(F)c(C7CCC(=O)NC7=O)c6)CC5)CC4)cn3)nc2n(C2CCCC2)c1=O. The van der Waals surface area contributed by atoms with E-state index in [-0.39, 0.29) is 35.3 Å². The second kappa shape index (κ2) is 16.1. The molecule has 294 valence electrons. The molecule has 3 aromatic heterocycles. The van der Waals surface area contributed by atoms with E-state index < -0.39 is 17.6 Å². The molecule has 1 saturated carbocycles. The summed E-state index contributed by atoms with van der Waals surface area (Å²) in [6, 6.07) is 9.06. The van der Waals surface area contributed by atoms with Gasteiger partial charge in [-0.25, -0.2) is 14.4 Å². The number of piperidine rings is 2. The Bertz CT molecular complexity index is 2190. The molecule has 6 heterocycles. The monoisotopic (exact) mass is 763 g/mol. The first-order valence-electron chi connectivity index (χ1n) is 20.1. The number of nitrogens with one attached hydrogen (secondary N) is 2. The third-order valence-electron chi connectivity index (χ3n) is 12.4. The largest absolute Gasteiger partial charge is 0.372 e. The molecule has 56 heavy (non-hydrogen) atoms. The smallest absolute Gasteiger partial charge is 0.263 e. The van der Waals surface area contributed by atoms with Crippen molar-refractivity contribution in [3.05, 3.63) is 75.6 Å². The van der Waals surface area contributed by atoms with E-state index in [1.165, 1.54) is 13.0 Å². The Kier molecular flexibility index (Phi) is 10.8. The maximum Gasteiger partial charge on any atom is 0.263 e. The predicted octanol–water partition coefficient (Wildman–Crippen LogP) is 5.64. The minimum Gasteiger partial charge on any atom is -0.372 e. The Morgan fingerprint density at radius 1 is 0.893 bits per heavy atom. The fourth-order valence-electron chi connectivity index (χ4n) is 9.13. The van der Waals surface area contributed by atoms with Crippen molar-refractivity contribution in [1.29, 1.82) is 0 Å². The number of aromatic nitrogens is 4. The van der Waals surface area contributed by atoms with Crippen LogP contribution in [0.4, 0.5) is 27.5 Å². The van der Waals surface area contributed by atoms with Gasteiger partial charge in [-0.3, -0.25) is 34.0 Å². The van der Waals surface area contributed by atoms with Gasteiger partial charge in [0, 0.05) is 74.6 Å². The lowest BCUT2D eigenvalue weighted by Gasteiger charge is -2.38. The van der Waals surface area contributed by atoms with Gasteiger partial charge in [0.25, 0.3) is 5.56 Å². The van der Waals surface area contributed by atoms with Gasteiger partial charge in [0.15, 0.2) is 5.78 Å². The molecule has 4 aromatic rings. The van der Waals surface area contributed by atoms with Gasteiger partial charge in [0.2, 0.25) is 17.8 Å². The highest BCUT2D eigenvalue weighted by Gasteiger charge is 2.31. The first-order chi connectivity index (χ1) is 27.1. The van der Waals surface area contributed by atoms with Crippen molar-refractivity contribution < 1.29 is 18.8 Å². The Morgan fingerprint density at radius 3 is 2.32 bits per heavy atom. The molecule has 4 fully saturated rings. The summed E-state index contributed by atoms with van der Waals surface area (Å²) in [6.07, 6.45) is 11.3. The summed E-state index contributed by atoms with van der Waals surface area (Å²) in [7, 11) is 0. The molecule has 0 bridgehead atoms. The number of benzene rings is 1. The molecule has 14 heteroatoms. The first kappa shape index (κ1) is 37.7. The number of carbonyl (C=O) groups is 3. The van der Waals surface area contributed by atoms with Crippen LogP contribution in [0, 0.1) is 18.7 Å². The molecule has 3 saturated heterocycles. The number of carbonyl (C=O) groups excluding carboxylic acids is 3. The molecular weight excluding hydrogens is 714 g/mol. The number of Topliss-reactive ketones (excluding diaryl/α,β-unsaturated/α-hetero) is 1. The summed E-state index contributed by atoms with van der Waals surface area (Å²) in [4.78, 5) is 71.2. The standard InChI is InChI=1S/C42H50FN9O4/c1-26-34-25-45-42(48-39(34)52(29-5-3-4-6-29)41(56)38(26)27(2)53)46-36-11-8-31(24-44-36)51-21-19-49(20-22-51)16-13-28-14-17-50(18-15-28)30-7-10-35(43)33(23-30)32-9-12-37(54)47-40(32)55/h7-8,10-11,23-25,28-29,32H,3-6,9,12-22H2,1-2H3,(H,47,54,55)(H,44,45,46,48). The average Bonchev–Trinajstić information content (AvgIpc) is 3.73. The van der Waals surface area contributed by atoms with Crippen LogP contribution in [0.25, 0.3) is 11.0 Å². The van der Waals surface area contributed by atoms with Gasteiger partial charge in [-0.05, 0) is 101 Å². The number of hydrogen-bond acceptors (Lipinski definition) is 11. The van der Waals surface area contributed by atoms with Crippen LogP contribution in [0.1, 0.15) is 98.2 Å². The number of hydrogen-bond donors (Lipinski definition) is 2. The third-order valence-corrected chi connectivity index (χ3v) is 12.4. The van der Waals surface area contributed by atoms with Gasteiger partial charge in [-0.1, -0.05) is 12.8 Å². The number of imide groups is 1. The summed E-state index contributed by atoms with van der Waals surface area (Å²) in [6.45, 7) is 9.89. The van der Waals surface area contributed by atoms with Crippen molar-refractivity contribution in [1.82, 2.24) is 29.7 Å². The number of anilines is 4. The molecule has 1 atom stereocenters. The Labute approximate surface area is 325 Å². The second-order valence-electron chi connectivity index (χ2n) is 15.9. The highest BCUT2D eigenvalue weighted by atomic mass is 19.1. The van der Waals surface area contributed by atoms with Crippen LogP contribution in [0.2, 0.25) is 0 Å². The van der Waals surface area contributed by atoms with Crippen molar-refractivity contribution in [3.8, 4) is 0 Å². The van der Waals surface area contributed by atoms with E-state index in [0.717, 1.165) is 102 Å².